The van der Waals surface area contributed by atoms with Crippen molar-refractivity contribution in [2.24, 2.45) is 0 Å². The number of oxazole rings is 1. The lowest BCUT2D eigenvalue weighted by atomic mass is 10.3. The summed E-state index contributed by atoms with van der Waals surface area (Å²) in [4.78, 5) is 13.5. The number of hydrogen-bond acceptors (Lipinski definition) is 4. The van der Waals surface area contributed by atoms with E-state index in [9.17, 15) is 13.2 Å². The zero-order chi connectivity index (χ0) is 12.0. The Morgan fingerprint density at radius 3 is 2.82 bits per heavy atom. The lowest BCUT2D eigenvalue weighted by Gasteiger charge is -2.04. The largest absolute Gasteiger partial charge is 0.417 e. The average Bonchev–Trinajstić information content (AvgIpc) is 2.95. The first kappa shape index (κ1) is 10.5. The Balaban J connectivity index is 2.07. The van der Waals surface area contributed by atoms with Crippen LogP contribution < -0.4 is 10.5 Å². The highest BCUT2D eigenvalue weighted by atomic mass is 32.2. The molecule has 0 radical (unpaired) electrons. The fraction of sp³-hybridized carbons (Fsp3) is 0.300. The third kappa shape index (κ3) is 1.98. The van der Waals surface area contributed by atoms with E-state index in [-0.39, 0.29) is 10.9 Å². The maximum Gasteiger partial charge on any atom is 0.417 e. The van der Waals surface area contributed by atoms with Gasteiger partial charge in [0.1, 0.15) is 0 Å². The van der Waals surface area contributed by atoms with E-state index in [1.54, 1.807) is 0 Å². The van der Waals surface area contributed by atoms with Gasteiger partial charge in [-0.3, -0.25) is 4.98 Å². The molecule has 1 aromatic heterocycles. The summed E-state index contributed by atoms with van der Waals surface area (Å²) in [5.41, 5.74) is 0.731. The van der Waals surface area contributed by atoms with Crippen LogP contribution in [0.1, 0.15) is 12.8 Å². The molecule has 17 heavy (non-hydrogen) atoms. The molecule has 1 heterocycles. The number of nitrogens with one attached hydrogen (secondary N) is 2. The molecular weight excluding hydrogens is 244 g/mol. The molecule has 3 rings (SSSR count). The van der Waals surface area contributed by atoms with Crippen molar-refractivity contribution in [3.05, 3.63) is 28.7 Å². The summed E-state index contributed by atoms with van der Waals surface area (Å²) >= 11 is 0. The minimum absolute atomic E-state index is 0.0547. The first-order valence-corrected chi connectivity index (χ1v) is 6.68. The molecule has 1 aliphatic carbocycles. The first-order chi connectivity index (χ1) is 8.04. The molecule has 1 aliphatic rings. The number of rotatable bonds is 3. The summed E-state index contributed by atoms with van der Waals surface area (Å²) in [6.45, 7) is 0. The minimum atomic E-state index is -3.49. The lowest BCUT2D eigenvalue weighted by molar-refractivity contribution is 0.555. The highest BCUT2D eigenvalue weighted by Crippen LogP contribution is 2.23. The second-order valence-electron chi connectivity index (χ2n) is 4.07. The number of aromatic nitrogens is 1. The molecule has 6 nitrogen and oxygen atoms in total. The molecule has 0 unspecified atom stereocenters. The van der Waals surface area contributed by atoms with Gasteiger partial charge in [0.25, 0.3) is 0 Å². The number of benzene rings is 1. The van der Waals surface area contributed by atoms with Crippen molar-refractivity contribution in [2.75, 3.05) is 0 Å². The van der Waals surface area contributed by atoms with Gasteiger partial charge in [0.2, 0.25) is 10.0 Å². The SMILES string of the molecule is O=c1[nH]c2cc(S(=O)(=O)NC3CC3)ccc2o1. The Bertz CT molecular complexity index is 724. The van der Waals surface area contributed by atoms with Gasteiger partial charge in [0.15, 0.2) is 5.58 Å². The predicted molar refractivity (Wildman–Crippen MR) is 60.2 cm³/mol. The van der Waals surface area contributed by atoms with E-state index < -0.39 is 15.8 Å². The number of sulfonamides is 1. The van der Waals surface area contributed by atoms with Crippen molar-refractivity contribution < 1.29 is 12.8 Å². The quantitative estimate of drug-likeness (QED) is 0.837. The van der Waals surface area contributed by atoms with Crippen LogP contribution in [0.5, 0.6) is 0 Å². The number of fused-ring (bicyclic) bond motifs is 1. The number of aromatic amines is 1. The molecule has 90 valence electrons. The maximum atomic E-state index is 11.9. The summed E-state index contributed by atoms with van der Waals surface area (Å²) in [6, 6.07) is 4.34. The third-order valence-corrected chi connectivity index (χ3v) is 4.12. The van der Waals surface area contributed by atoms with Gasteiger partial charge in [-0.05, 0) is 31.0 Å². The van der Waals surface area contributed by atoms with E-state index in [0.717, 1.165) is 12.8 Å². The van der Waals surface area contributed by atoms with Crippen LogP contribution in [-0.4, -0.2) is 19.4 Å². The van der Waals surface area contributed by atoms with Gasteiger partial charge in [-0.15, -0.1) is 0 Å². The van der Waals surface area contributed by atoms with Crippen LogP contribution in [-0.2, 0) is 10.0 Å². The lowest BCUT2D eigenvalue weighted by Crippen LogP contribution is -2.25. The van der Waals surface area contributed by atoms with Gasteiger partial charge >= 0.3 is 5.76 Å². The Morgan fingerprint density at radius 2 is 2.12 bits per heavy atom. The Labute approximate surface area is 96.7 Å². The molecule has 0 atom stereocenters. The summed E-state index contributed by atoms with van der Waals surface area (Å²) < 4.78 is 31.2. The second kappa shape index (κ2) is 3.44. The number of H-pyrrole nitrogens is 1. The van der Waals surface area contributed by atoms with Gasteiger partial charge in [-0.2, -0.15) is 0 Å². The van der Waals surface area contributed by atoms with E-state index in [1.165, 1.54) is 18.2 Å². The van der Waals surface area contributed by atoms with Crippen LogP contribution in [0.25, 0.3) is 11.1 Å². The molecule has 1 aromatic carbocycles. The van der Waals surface area contributed by atoms with Gasteiger partial charge < -0.3 is 4.42 Å². The second-order valence-corrected chi connectivity index (χ2v) is 5.78. The van der Waals surface area contributed by atoms with Crippen LogP contribution in [0.3, 0.4) is 0 Å². The van der Waals surface area contributed by atoms with E-state index >= 15 is 0 Å². The van der Waals surface area contributed by atoms with Crippen molar-refractivity contribution in [3.8, 4) is 0 Å². The normalized spacial score (nSPS) is 16.5. The monoisotopic (exact) mass is 254 g/mol. The Hall–Kier alpha value is -1.60. The average molecular weight is 254 g/mol. The molecule has 0 saturated heterocycles. The van der Waals surface area contributed by atoms with Crippen molar-refractivity contribution in [1.29, 1.82) is 0 Å². The fourth-order valence-corrected chi connectivity index (χ4v) is 2.92. The third-order valence-electron chi connectivity index (χ3n) is 2.60. The van der Waals surface area contributed by atoms with E-state index in [2.05, 4.69) is 9.71 Å². The summed E-state index contributed by atoms with van der Waals surface area (Å²) in [6.07, 6.45) is 1.76. The zero-order valence-corrected chi connectivity index (χ0v) is 9.58. The van der Waals surface area contributed by atoms with Crippen molar-refractivity contribution in [1.82, 2.24) is 9.71 Å². The smallest absolute Gasteiger partial charge is 0.408 e. The van der Waals surface area contributed by atoms with E-state index in [1.807, 2.05) is 0 Å². The molecule has 2 aromatic rings. The van der Waals surface area contributed by atoms with E-state index in [0.29, 0.717) is 11.1 Å². The van der Waals surface area contributed by atoms with Gasteiger partial charge in [0, 0.05) is 6.04 Å². The van der Waals surface area contributed by atoms with Crippen molar-refractivity contribution >= 4 is 21.1 Å². The van der Waals surface area contributed by atoms with Gasteiger partial charge in [-0.1, -0.05) is 0 Å². The molecular formula is C10H10N2O4S. The molecule has 0 bridgehead atoms. The van der Waals surface area contributed by atoms with Gasteiger partial charge in [0.05, 0.1) is 10.4 Å². The topological polar surface area (TPSA) is 92.2 Å². The fourth-order valence-electron chi connectivity index (χ4n) is 1.59. The summed E-state index contributed by atoms with van der Waals surface area (Å²) in [5, 5.41) is 0. The predicted octanol–water partition coefficient (Wildman–Crippen LogP) is 0.562. The maximum absolute atomic E-state index is 11.9. The molecule has 1 fully saturated rings. The van der Waals surface area contributed by atoms with Crippen LogP contribution in [0, 0.1) is 0 Å². The molecule has 0 spiro atoms. The summed E-state index contributed by atoms with van der Waals surface area (Å²) in [7, 11) is -3.49. The highest BCUT2D eigenvalue weighted by molar-refractivity contribution is 7.89. The van der Waals surface area contributed by atoms with Crippen LogP contribution in [0.4, 0.5) is 0 Å². The van der Waals surface area contributed by atoms with Crippen molar-refractivity contribution in [2.45, 2.75) is 23.8 Å². The number of hydrogen-bond donors (Lipinski definition) is 2. The molecule has 0 aliphatic heterocycles. The van der Waals surface area contributed by atoms with Crippen LogP contribution >= 0.6 is 0 Å². The molecule has 0 amide bonds. The van der Waals surface area contributed by atoms with Crippen molar-refractivity contribution in [3.63, 3.8) is 0 Å². The zero-order valence-electron chi connectivity index (χ0n) is 8.76. The Morgan fingerprint density at radius 1 is 1.35 bits per heavy atom. The molecule has 1 saturated carbocycles. The standard InChI is InChI=1S/C10H10N2O4S/c13-10-11-8-5-7(3-4-9(8)16-10)17(14,15)12-6-1-2-6/h3-6,12H,1-2H2,(H,11,13). The minimum Gasteiger partial charge on any atom is -0.408 e. The molecule has 7 heteroatoms. The molecule has 2 N–H and O–H groups in total. The summed E-state index contributed by atoms with van der Waals surface area (Å²) in [5.74, 6) is -0.593. The van der Waals surface area contributed by atoms with Crippen LogP contribution in [0.2, 0.25) is 0 Å². The van der Waals surface area contributed by atoms with Gasteiger partial charge in [-0.25, -0.2) is 17.9 Å². The first-order valence-electron chi connectivity index (χ1n) is 5.20. The van der Waals surface area contributed by atoms with Crippen LogP contribution in [0.15, 0.2) is 32.3 Å². The van der Waals surface area contributed by atoms with E-state index in [4.69, 9.17) is 4.42 Å². The Kier molecular flexibility index (Phi) is 2.14. The highest BCUT2D eigenvalue weighted by Gasteiger charge is 2.28.